The van der Waals surface area contributed by atoms with Gasteiger partial charge in [-0.05, 0) is 46.0 Å². The molecule has 4 aromatic rings. The highest BCUT2D eigenvalue weighted by atomic mass is 16.5. The van der Waals surface area contributed by atoms with Crippen molar-refractivity contribution in [1.29, 1.82) is 0 Å². The quantitative estimate of drug-likeness (QED) is 0.416. The lowest BCUT2D eigenvalue weighted by Crippen LogP contribution is -2.26. The molecular formula is C27H24N2O3. The zero-order chi connectivity index (χ0) is 21.9. The number of H-pyrrole nitrogens is 1. The van der Waals surface area contributed by atoms with Gasteiger partial charge in [-0.2, -0.15) is 0 Å². The number of amides is 1. The van der Waals surface area contributed by atoms with Gasteiger partial charge >= 0.3 is 6.09 Å². The fourth-order valence-electron chi connectivity index (χ4n) is 4.36. The van der Waals surface area contributed by atoms with Crippen LogP contribution in [0.4, 0.5) is 4.79 Å². The summed E-state index contributed by atoms with van der Waals surface area (Å²) in [6.45, 7) is 0.694. The molecule has 1 aliphatic rings. The summed E-state index contributed by atoms with van der Waals surface area (Å²) in [7, 11) is 1.65. The van der Waals surface area contributed by atoms with Crippen LogP contribution in [0.5, 0.6) is 5.75 Å². The second-order valence-corrected chi connectivity index (χ2v) is 7.76. The monoisotopic (exact) mass is 424 g/mol. The van der Waals surface area contributed by atoms with Crippen molar-refractivity contribution in [3.63, 3.8) is 0 Å². The smallest absolute Gasteiger partial charge is 0.407 e. The van der Waals surface area contributed by atoms with Gasteiger partial charge in [0.05, 0.1) is 7.11 Å². The largest absolute Gasteiger partial charge is 0.497 e. The number of fused-ring (bicyclic) bond motifs is 4. The summed E-state index contributed by atoms with van der Waals surface area (Å²) in [5, 5.41) is 3.88. The summed E-state index contributed by atoms with van der Waals surface area (Å²) in [5.41, 5.74) is 6.92. The van der Waals surface area contributed by atoms with Crippen molar-refractivity contribution in [3.8, 4) is 16.9 Å². The highest BCUT2D eigenvalue weighted by Gasteiger charge is 2.28. The van der Waals surface area contributed by atoms with E-state index >= 15 is 0 Å². The summed E-state index contributed by atoms with van der Waals surface area (Å²) in [4.78, 5) is 15.5. The van der Waals surface area contributed by atoms with Crippen LogP contribution in [0.1, 0.15) is 22.6 Å². The number of methoxy groups -OCH3 is 1. The van der Waals surface area contributed by atoms with Crippen LogP contribution in [0.15, 0.2) is 79.0 Å². The van der Waals surface area contributed by atoms with Gasteiger partial charge in [0, 0.05) is 29.6 Å². The highest BCUT2D eigenvalue weighted by molar-refractivity contribution is 5.90. The first kappa shape index (κ1) is 19.9. The molecule has 2 N–H and O–H groups in total. The van der Waals surface area contributed by atoms with E-state index in [4.69, 9.17) is 9.47 Å². The minimum absolute atomic E-state index is 0.0601. The van der Waals surface area contributed by atoms with Gasteiger partial charge in [-0.15, -0.1) is 0 Å². The first-order valence-corrected chi connectivity index (χ1v) is 10.6. The van der Waals surface area contributed by atoms with Crippen LogP contribution in [-0.2, 0) is 4.74 Å². The number of hydrogen-bond donors (Lipinski definition) is 2. The van der Waals surface area contributed by atoms with Crippen LogP contribution in [0.3, 0.4) is 0 Å². The normalized spacial score (nSPS) is 12.7. The minimum atomic E-state index is -0.419. The molecule has 1 heterocycles. The van der Waals surface area contributed by atoms with Crippen molar-refractivity contribution >= 4 is 23.1 Å². The second-order valence-electron chi connectivity index (χ2n) is 7.76. The molecule has 32 heavy (non-hydrogen) atoms. The number of carbonyl (C=O) groups excluding carboxylic acids is 1. The van der Waals surface area contributed by atoms with Crippen LogP contribution in [0.25, 0.3) is 28.1 Å². The molecule has 0 saturated carbocycles. The van der Waals surface area contributed by atoms with Crippen LogP contribution < -0.4 is 10.1 Å². The maximum absolute atomic E-state index is 12.3. The number of rotatable bonds is 6. The maximum atomic E-state index is 12.3. The molecule has 0 atom stereocenters. The van der Waals surface area contributed by atoms with Crippen molar-refractivity contribution in [2.75, 3.05) is 20.3 Å². The van der Waals surface area contributed by atoms with E-state index in [1.165, 1.54) is 22.3 Å². The summed E-state index contributed by atoms with van der Waals surface area (Å²) in [6.07, 6.45) is 5.40. The van der Waals surface area contributed by atoms with Gasteiger partial charge in [0.25, 0.3) is 0 Å². The average Bonchev–Trinajstić information content (AvgIpc) is 3.39. The van der Waals surface area contributed by atoms with Crippen molar-refractivity contribution in [1.82, 2.24) is 10.3 Å². The summed E-state index contributed by atoms with van der Waals surface area (Å²) >= 11 is 0. The molecule has 0 saturated heterocycles. The second kappa shape index (κ2) is 8.63. The molecule has 1 aliphatic carbocycles. The van der Waals surface area contributed by atoms with Crippen LogP contribution >= 0.6 is 0 Å². The molecule has 5 heteroatoms. The highest BCUT2D eigenvalue weighted by Crippen LogP contribution is 2.44. The van der Waals surface area contributed by atoms with Crippen molar-refractivity contribution in [3.05, 3.63) is 95.7 Å². The molecule has 3 aromatic carbocycles. The Labute approximate surface area is 186 Å². The summed E-state index contributed by atoms with van der Waals surface area (Å²) in [6, 6.07) is 22.5. The number of benzene rings is 3. The minimum Gasteiger partial charge on any atom is -0.497 e. The molecule has 0 fully saturated rings. The zero-order valence-corrected chi connectivity index (χ0v) is 17.8. The molecule has 160 valence electrons. The molecule has 1 amide bonds. The van der Waals surface area contributed by atoms with Crippen LogP contribution in [-0.4, -0.2) is 31.3 Å². The zero-order valence-electron chi connectivity index (χ0n) is 17.8. The fraction of sp³-hybridized carbons (Fsp3) is 0.148. The Morgan fingerprint density at radius 1 is 1.03 bits per heavy atom. The first-order valence-electron chi connectivity index (χ1n) is 10.6. The molecule has 0 unspecified atom stereocenters. The van der Waals surface area contributed by atoms with E-state index in [0.717, 1.165) is 22.2 Å². The predicted octanol–water partition coefficient (Wildman–Crippen LogP) is 5.73. The Bertz CT molecular complexity index is 1260. The maximum Gasteiger partial charge on any atom is 0.407 e. The van der Waals surface area contributed by atoms with E-state index in [9.17, 15) is 4.79 Å². The predicted molar refractivity (Wildman–Crippen MR) is 127 cm³/mol. The molecule has 5 nitrogen and oxygen atoms in total. The first-order chi connectivity index (χ1) is 15.7. The topological polar surface area (TPSA) is 63.3 Å². The van der Waals surface area contributed by atoms with Gasteiger partial charge in [0.2, 0.25) is 0 Å². The lowest BCUT2D eigenvalue weighted by Gasteiger charge is -2.14. The molecule has 0 bridgehead atoms. The van der Waals surface area contributed by atoms with Gasteiger partial charge in [0.15, 0.2) is 0 Å². The summed E-state index contributed by atoms with van der Waals surface area (Å²) < 4.78 is 10.9. The van der Waals surface area contributed by atoms with Crippen molar-refractivity contribution in [2.24, 2.45) is 0 Å². The number of aromatic nitrogens is 1. The molecule has 0 aliphatic heterocycles. The lowest BCUT2D eigenvalue weighted by atomic mass is 9.98. The summed E-state index contributed by atoms with van der Waals surface area (Å²) in [5.74, 6) is 0.869. The standard InChI is InChI=1S/C27H24N2O3/c1-31-19-12-13-26-24(15-19)18(16-29-26)7-6-14-28-27(30)32-17-25-22-10-4-2-8-20(22)21-9-3-5-11-23(21)25/h2-13,15-16,25,29H,14,17H2,1H3,(H,28,30). The molecule has 0 spiro atoms. The molecule has 0 radical (unpaired) electrons. The molecule has 1 aromatic heterocycles. The van der Waals surface area contributed by atoms with E-state index in [2.05, 4.69) is 34.6 Å². The van der Waals surface area contributed by atoms with Gasteiger partial charge in [0.1, 0.15) is 12.4 Å². The number of hydrogen-bond acceptors (Lipinski definition) is 3. The Morgan fingerprint density at radius 3 is 2.47 bits per heavy atom. The number of ether oxygens (including phenoxy) is 2. The lowest BCUT2D eigenvalue weighted by molar-refractivity contribution is 0.144. The van der Waals surface area contributed by atoms with E-state index in [1.54, 1.807) is 7.11 Å². The molecular weight excluding hydrogens is 400 g/mol. The van der Waals surface area contributed by atoms with Gasteiger partial charge in [-0.25, -0.2) is 4.79 Å². The fourth-order valence-corrected chi connectivity index (χ4v) is 4.36. The average molecular weight is 425 g/mol. The Kier molecular flexibility index (Phi) is 5.38. The molecule has 5 rings (SSSR count). The van der Waals surface area contributed by atoms with Gasteiger partial charge in [-0.3, -0.25) is 0 Å². The van der Waals surface area contributed by atoms with Gasteiger partial charge in [-0.1, -0.05) is 60.7 Å². The van der Waals surface area contributed by atoms with Crippen LogP contribution in [0, 0.1) is 0 Å². The van der Waals surface area contributed by atoms with Crippen molar-refractivity contribution < 1.29 is 14.3 Å². The van der Waals surface area contributed by atoms with Crippen molar-refractivity contribution in [2.45, 2.75) is 5.92 Å². The Morgan fingerprint density at radius 2 is 1.75 bits per heavy atom. The SMILES string of the molecule is COc1ccc2[nH]cc(C=CCNC(=O)OCC3c4ccccc4-c4ccccc43)c2c1. The van der Waals surface area contributed by atoms with E-state index in [0.29, 0.717) is 13.2 Å². The number of nitrogens with one attached hydrogen (secondary N) is 2. The van der Waals surface area contributed by atoms with E-state index < -0.39 is 6.09 Å². The van der Waals surface area contributed by atoms with Crippen LogP contribution in [0.2, 0.25) is 0 Å². The number of aromatic amines is 1. The van der Waals surface area contributed by atoms with E-state index in [1.807, 2.05) is 60.8 Å². The van der Waals surface area contributed by atoms with E-state index in [-0.39, 0.29) is 5.92 Å². The third-order valence-corrected chi connectivity index (χ3v) is 5.93. The van der Waals surface area contributed by atoms with Gasteiger partial charge < -0.3 is 19.8 Å². The third kappa shape index (κ3) is 3.73. The number of carbonyl (C=O) groups is 1. The third-order valence-electron chi connectivity index (χ3n) is 5.93. The Balaban J connectivity index is 1.19. The number of alkyl carbamates (subject to hydrolysis) is 1. The Hall–Kier alpha value is -3.99.